The number of amides is 1. The number of aromatic nitrogens is 5. The maximum absolute atomic E-state index is 14.5. The van der Waals surface area contributed by atoms with E-state index in [0.29, 0.717) is 53.8 Å². The van der Waals surface area contributed by atoms with Gasteiger partial charge in [-0.3, -0.25) is 0 Å². The predicted octanol–water partition coefficient (Wildman–Crippen LogP) is 4.69. The van der Waals surface area contributed by atoms with Gasteiger partial charge in [-0.25, -0.2) is 27.6 Å². The highest BCUT2D eigenvalue weighted by molar-refractivity contribution is 5.96. The predicted molar refractivity (Wildman–Crippen MR) is 158 cm³/mol. The van der Waals surface area contributed by atoms with Gasteiger partial charge in [-0.15, -0.1) is 5.10 Å². The maximum Gasteiger partial charge on any atom is 0.407 e. The van der Waals surface area contributed by atoms with Crippen LogP contribution in [0, 0.1) is 11.6 Å². The van der Waals surface area contributed by atoms with Gasteiger partial charge >= 0.3 is 11.8 Å². The van der Waals surface area contributed by atoms with Crippen molar-refractivity contribution in [2.45, 2.75) is 52.3 Å². The molecule has 1 amide bonds. The Morgan fingerprint density at radius 2 is 1.69 bits per heavy atom. The molecule has 0 aliphatic heterocycles. The Hall–Kier alpha value is -4.45. The van der Waals surface area contributed by atoms with Crippen LogP contribution < -0.4 is 16.7 Å². The van der Waals surface area contributed by atoms with Crippen LogP contribution in [-0.4, -0.2) is 48.3 Å². The molecule has 0 aliphatic rings. The van der Waals surface area contributed by atoms with Gasteiger partial charge in [0.05, 0.1) is 11.2 Å². The summed E-state index contributed by atoms with van der Waals surface area (Å²) >= 11 is 0. The van der Waals surface area contributed by atoms with Gasteiger partial charge in [0.25, 0.3) is 0 Å². The average molecular weight is 580 g/mol. The lowest BCUT2D eigenvalue weighted by molar-refractivity contribution is 0.0526. The van der Waals surface area contributed by atoms with Gasteiger partial charge in [0, 0.05) is 60.9 Å². The third kappa shape index (κ3) is 5.80. The lowest BCUT2D eigenvalue weighted by Crippen LogP contribution is -2.33. The molecule has 0 unspecified atom stereocenters. The maximum atomic E-state index is 14.5. The van der Waals surface area contributed by atoms with Crippen LogP contribution in [0.1, 0.15) is 33.6 Å². The average Bonchev–Trinajstić information content (AvgIpc) is 3.54. The number of carbonyl (C=O) groups excluding carboxylic acids is 1. The number of carbonyl (C=O) groups is 1. The molecule has 5 aromatic rings. The van der Waals surface area contributed by atoms with E-state index in [0.717, 1.165) is 11.0 Å². The molecule has 0 saturated heterocycles. The van der Waals surface area contributed by atoms with Gasteiger partial charge in [-0.05, 0) is 76.6 Å². The van der Waals surface area contributed by atoms with Crippen molar-refractivity contribution in [1.82, 2.24) is 28.8 Å². The van der Waals surface area contributed by atoms with Crippen LogP contribution >= 0.6 is 0 Å². The van der Waals surface area contributed by atoms with E-state index in [4.69, 9.17) is 15.6 Å². The van der Waals surface area contributed by atoms with Gasteiger partial charge in [-0.1, -0.05) is 0 Å². The van der Waals surface area contributed by atoms with Gasteiger partial charge in [0.15, 0.2) is 5.82 Å². The second-order valence-electron chi connectivity index (χ2n) is 11.3. The van der Waals surface area contributed by atoms with Crippen LogP contribution in [-0.2, 0) is 24.9 Å². The van der Waals surface area contributed by atoms with Crippen LogP contribution in [0.5, 0.6) is 0 Å². The fourth-order valence-corrected chi connectivity index (χ4v) is 5.10. The van der Waals surface area contributed by atoms with Crippen molar-refractivity contribution < 1.29 is 18.3 Å². The molecule has 3 aromatic heterocycles. The number of hydrogen-bond acceptors (Lipinski definition) is 5. The summed E-state index contributed by atoms with van der Waals surface area (Å²) in [6.07, 6.45) is 4.13. The highest BCUT2D eigenvalue weighted by Crippen LogP contribution is 2.33. The summed E-state index contributed by atoms with van der Waals surface area (Å²) in [4.78, 5) is 26.0. The molecular formula is C30H35F2N7O3. The number of hydrogen-bond donors (Lipinski definition) is 2. The fraction of sp³-hybridized carbons (Fsp3) is 0.367. The molecule has 3 N–H and O–H groups in total. The minimum Gasteiger partial charge on any atom is -0.444 e. The zero-order chi connectivity index (χ0) is 30.2. The zero-order valence-corrected chi connectivity index (χ0v) is 24.2. The summed E-state index contributed by atoms with van der Waals surface area (Å²) in [6.45, 7) is 6.82. The molecule has 222 valence electrons. The number of ether oxygens (including phenoxy) is 1. The normalized spacial score (nSPS) is 12.0. The highest BCUT2D eigenvalue weighted by atomic mass is 19.1. The Labute approximate surface area is 241 Å². The summed E-state index contributed by atoms with van der Waals surface area (Å²) < 4.78 is 40.7. The molecule has 2 aromatic carbocycles. The van der Waals surface area contributed by atoms with Crippen molar-refractivity contribution in [3.63, 3.8) is 0 Å². The molecule has 0 fully saturated rings. The van der Waals surface area contributed by atoms with Crippen molar-refractivity contribution in [3.8, 4) is 17.1 Å². The second kappa shape index (κ2) is 11.4. The van der Waals surface area contributed by atoms with Crippen molar-refractivity contribution in [3.05, 3.63) is 70.9 Å². The first kappa shape index (κ1) is 29.1. The molecular weight excluding hydrogens is 544 g/mol. The smallest absolute Gasteiger partial charge is 0.407 e. The number of aryl methyl sites for hydroxylation is 3. The number of alkyl carbamates (subject to hydrolysis) is 1. The van der Waals surface area contributed by atoms with E-state index in [-0.39, 0.29) is 13.1 Å². The number of nitrogens with one attached hydrogen (secondary N) is 1. The van der Waals surface area contributed by atoms with E-state index < -0.39 is 29.0 Å². The summed E-state index contributed by atoms with van der Waals surface area (Å²) in [6, 6.07) is 8.91. The molecule has 5 rings (SSSR count). The first-order chi connectivity index (χ1) is 20.0. The molecule has 3 heterocycles. The van der Waals surface area contributed by atoms with E-state index in [9.17, 15) is 18.4 Å². The largest absolute Gasteiger partial charge is 0.444 e. The minimum absolute atomic E-state index is 0.188. The Kier molecular flexibility index (Phi) is 7.91. The summed E-state index contributed by atoms with van der Waals surface area (Å²) in [5.74, 6) is -0.571. The molecule has 0 saturated carbocycles. The number of nitrogens with two attached hydrogens (primary N) is 1. The van der Waals surface area contributed by atoms with Crippen LogP contribution in [0.25, 0.3) is 38.9 Å². The van der Waals surface area contributed by atoms with Crippen LogP contribution in [0.2, 0.25) is 0 Å². The van der Waals surface area contributed by atoms with Crippen molar-refractivity contribution in [1.29, 1.82) is 0 Å². The summed E-state index contributed by atoms with van der Waals surface area (Å²) in [5, 5.41) is 8.50. The highest BCUT2D eigenvalue weighted by Gasteiger charge is 2.24. The Morgan fingerprint density at radius 3 is 2.38 bits per heavy atom. The van der Waals surface area contributed by atoms with Crippen molar-refractivity contribution >= 4 is 27.9 Å². The standard InChI is InChI=1S/C30H35F2N7O3/c1-30(2,3)42-28(40)34-12-6-14-38-29(41)39(26-18-37(13-5-11-33)25-10-8-20(32)16-22(25)26)27(35-38)23-17-36(4)24-9-7-19(31)15-21(23)24/h7-10,15-18H,5-6,11-14,33H2,1-4H3,(H,34,40). The van der Waals surface area contributed by atoms with Crippen LogP contribution in [0.4, 0.5) is 13.6 Å². The Morgan fingerprint density at radius 1 is 1.00 bits per heavy atom. The fourth-order valence-electron chi connectivity index (χ4n) is 5.10. The van der Waals surface area contributed by atoms with Crippen molar-refractivity contribution in [2.24, 2.45) is 12.8 Å². The number of nitrogens with zero attached hydrogens (tertiary/aromatic N) is 5. The third-order valence-electron chi connectivity index (χ3n) is 6.91. The molecule has 0 bridgehead atoms. The van der Waals surface area contributed by atoms with Gasteiger partial charge < -0.3 is 24.9 Å². The Balaban J connectivity index is 1.61. The first-order valence-electron chi connectivity index (χ1n) is 13.9. The van der Waals surface area contributed by atoms with Gasteiger partial charge in [0.2, 0.25) is 0 Å². The van der Waals surface area contributed by atoms with Crippen LogP contribution in [0.3, 0.4) is 0 Å². The molecule has 0 aliphatic carbocycles. The van der Waals surface area contributed by atoms with E-state index in [1.807, 2.05) is 16.2 Å². The second-order valence-corrected chi connectivity index (χ2v) is 11.3. The van der Waals surface area contributed by atoms with Gasteiger partial charge in [0.1, 0.15) is 17.2 Å². The minimum atomic E-state index is -0.630. The molecule has 42 heavy (non-hydrogen) atoms. The zero-order valence-electron chi connectivity index (χ0n) is 24.2. The summed E-state index contributed by atoms with van der Waals surface area (Å²) in [7, 11) is 1.83. The monoisotopic (exact) mass is 579 g/mol. The van der Waals surface area contributed by atoms with E-state index in [1.54, 1.807) is 45.3 Å². The molecule has 12 heteroatoms. The number of benzene rings is 2. The van der Waals surface area contributed by atoms with Gasteiger partial charge in [-0.2, -0.15) is 0 Å². The third-order valence-corrected chi connectivity index (χ3v) is 6.91. The molecule has 10 nitrogen and oxygen atoms in total. The molecule has 0 radical (unpaired) electrons. The Bertz CT molecular complexity index is 1820. The lowest BCUT2D eigenvalue weighted by atomic mass is 10.1. The van der Waals surface area contributed by atoms with E-state index in [2.05, 4.69) is 5.32 Å². The van der Waals surface area contributed by atoms with Crippen LogP contribution in [0.15, 0.2) is 53.6 Å². The topological polar surface area (TPSA) is 114 Å². The number of halogens is 2. The number of rotatable bonds is 9. The molecule has 0 spiro atoms. The first-order valence-corrected chi connectivity index (χ1v) is 13.9. The lowest BCUT2D eigenvalue weighted by Gasteiger charge is -2.19. The van der Waals surface area contributed by atoms with E-state index >= 15 is 0 Å². The van der Waals surface area contributed by atoms with Crippen molar-refractivity contribution in [2.75, 3.05) is 13.1 Å². The quantitative estimate of drug-likeness (QED) is 0.246. The SMILES string of the molecule is Cn1cc(-c2nn(CCCNC(=O)OC(C)(C)C)c(=O)n2-c2cn(CCCN)c3ccc(F)cc23)c2cc(F)ccc21. The molecule has 0 atom stereocenters. The number of fused-ring (bicyclic) bond motifs is 2. The van der Waals surface area contributed by atoms with E-state index in [1.165, 1.54) is 33.5 Å². The summed E-state index contributed by atoms with van der Waals surface area (Å²) in [5.41, 5.74) is 7.19.